The lowest BCUT2D eigenvalue weighted by molar-refractivity contribution is -0.385. The number of anilines is 1. The van der Waals surface area contributed by atoms with E-state index in [9.17, 15) is 10.1 Å². The van der Waals surface area contributed by atoms with Gasteiger partial charge in [-0.2, -0.15) is 0 Å². The molecule has 0 bridgehead atoms. The number of halogens is 1. The van der Waals surface area contributed by atoms with Crippen molar-refractivity contribution in [2.75, 3.05) is 38.2 Å². The summed E-state index contributed by atoms with van der Waals surface area (Å²) in [5.74, 6) is 0.682. The van der Waals surface area contributed by atoms with E-state index in [1.807, 2.05) is 0 Å². The molecule has 2 aliphatic heterocycles. The van der Waals surface area contributed by atoms with Crippen LogP contribution in [0.3, 0.4) is 0 Å². The Morgan fingerprint density at radius 1 is 1.38 bits per heavy atom. The molecule has 0 amide bonds. The Balaban J connectivity index is 1.54. The summed E-state index contributed by atoms with van der Waals surface area (Å²) in [6, 6.07) is 3.58. The second-order valence-corrected chi connectivity index (χ2v) is 7.23. The van der Waals surface area contributed by atoms with Crippen LogP contribution in [-0.2, 0) is 4.74 Å². The van der Waals surface area contributed by atoms with Crippen molar-refractivity contribution in [1.82, 2.24) is 4.90 Å². The highest BCUT2D eigenvalue weighted by Crippen LogP contribution is 2.31. The molecule has 0 aliphatic carbocycles. The van der Waals surface area contributed by atoms with Gasteiger partial charge in [0.2, 0.25) is 0 Å². The predicted octanol–water partition coefficient (Wildman–Crippen LogP) is 3.47. The molecule has 2 saturated heterocycles. The molecule has 0 saturated carbocycles. The topological polar surface area (TPSA) is 67.6 Å². The summed E-state index contributed by atoms with van der Waals surface area (Å²) in [4.78, 5) is 13.1. The predicted molar refractivity (Wildman–Crippen MR) is 94.9 cm³/mol. The molecular weight excluding hydrogens is 330 g/mol. The van der Waals surface area contributed by atoms with Gasteiger partial charge in [0.25, 0.3) is 5.69 Å². The quantitative estimate of drug-likeness (QED) is 0.648. The number of rotatable bonds is 5. The van der Waals surface area contributed by atoms with E-state index >= 15 is 0 Å². The minimum absolute atomic E-state index is 0.0687. The number of hydrogen-bond acceptors (Lipinski definition) is 5. The average Bonchev–Trinajstić information content (AvgIpc) is 3.05. The minimum Gasteiger partial charge on any atom is -0.381 e. The molecule has 2 aliphatic rings. The van der Waals surface area contributed by atoms with Gasteiger partial charge in [-0.05, 0) is 38.2 Å². The molecular formula is C17H24ClN3O3. The molecule has 1 aromatic carbocycles. The van der Waals surface area contributed by atoms with Crippen LogP contribution in [0.4, 0.5) is 11.4 Å². The Kier molecular flexibility index (Phi) is 5.58. The highest BCUT2D eigenvalue weighted by atomic mass is 35.5. The first-order valence-electron chi connectivity index (χ1n) is 8.54. The van der Waals surface area contributed by atoms with Crippen molar-refractivity contribution in [2.45, 2.75) is 32.2 Å². The highest BCUT2D eigenvalue weighted by Gasteiger charge is 2.24. The minimum atomic E-state index is -0.393. The van der Waals surface area contributed by atoms with E-state index in [1.54, 1.807) is 13.0 Å². The van der Waals surface area contributed by atoms with E-state index < -0.39 is 4.92 Å². The van der Waals surface area contributed by atoms with E-state index in [0.717, 1.165) is 51.4 Å². The second-order valence-electron chi connectivity index (χ2n) is 6.82. The zero-order valence-corrected chi connectivity index (χ0v) is 14.7. The summed E-state index contributed by atoms with van der Waals surface area (Å²) in [6.45, 7) is 6.81. The van der Waals surface area contributed by atoms with Gasteiger partial charge >= 0.3 is 0 Å². The smallest absolute Gasteiger partial charge is 0.273 e. The van der Waals surface area contributed by atoms with Crippen LogP contribution >= 0.6 is 11.6 Å². The molecule has 0 radical (unpaired) electrons. The highest BCUT2D eigenvalue weighted by molar-refractivity contribution is 6.33. The maximum Gasteiger partial charge on any atom is 0.273 e. The molecule has 6 nitrogen and oxygen atoms in total. The van der Waals surface area contributed by atoms with Crippen LogP contribution < -0.4 is 5.32 Å². The summed E-state index contributed by atoms with van der Waals surface area (Å²) >= 11 is 6.22. The van der Waals surface area contributed by atoms with Crippen molar-refractivity contribution >= 4 is 23.0 Å². The molecule has 7 heteroatoms. The third-order valence-electron chi connectivity index (χ3n) is 4.97. The number of hydrogen-bond donors (Lipinski definition) is 1. The van der Waals surface area contributed by atoms with Crippen LogP contribution in [0.1, 0.15) is 24.8 Å². The van der Waals surface area contributed by atoms with Crippen LogP contribution in [-0.4, -0.2) is 48.7 Å². The van der Waals surface area contributed by atoms with Crippen molar-refractivity contribution in [3.8, 4) is 0 Å². The monoisotopic (exact) mass is 353 g/mol. The van der Waals surface area contributed by atoms with Gasteiger partial charge in [-0.15, -0.1) is 0 Å². The number of likely N-dealkylation sites (tertiary alicyclic amines) is 1. The van der Waals surface area contributed by atoms with E-state index in [4.69, 9.17) is 16.3 Å². The fraction of sp³-hybridized carbons (Fsp3) is 0.647. The van der Waals surface area contributed by atoms with Crippen molar-refractivity contribution in [2.24, 2.45) is 5.92 Å². The molecule has 24 heavy (non-hydrogen) atoms. The number of aryl methyl sites for hydroxylation is 1. The Hall–Kier alpha value is -1.37. The van der Waals surface area contributed by atoms with Crippen LogP contribution in [0.25, 0.3) is 0 Å². The van der Waals surface area contributed by atoms with Gasteiger partial charge in [-0.25, -0.2) is 0 Å². The molecule has 3 rings (SSSR count). The maximum absolute atomic E-state index is 11.0. The Morgan fingerprint density at radius 3 is 2.75 bits per heavy atom. The van der Waals surface area contributed by atoms with Crippen molar-refractivity contribution in [3.63, 3.8) is 0 Å². The van der Waals surface area contributed by atoms with Gasteiger partial charge in [0, 0.05) is 43.9 Å². The number of nitro groups is 1. The van der Waals surface area contributed by atoms with Crippen LogP contribution in [0.15, 0.2) is 12.1 Å². The number of piperidine rings is 1. The maximum atomic E-state index is 11.0. The van der Waals surface area contributed by atoms with E-state index in [2.05, 4.69) is 10.2 Å². The summed E-state index contributed by atoms with van der Waals surface area (Å²) in [5, 5.41) is 14.8. The van der Waals surface area contributed by atoms with Crippen LogP contribution in [0.2, 0.25) is 5.02 Å². The lowest BCUT2D eigenvalue weighted by atomic mass is 10.0. The Morgan fingerprint density at radius 2 is 2.12 bits per heavy atom. The largest absolute Gasteiger partial charge is 0.381 e. The summed E-state index contributed by atoms with van der Waals surface area (Å²) in [6.07, 6.45) is 3.29. The van der Waals surface area contributed by atoms with Gasteiger partial charge in [-0.3, -0.25) is 10.1 Å². The molecule has 1 aromatic rings. The summed E-state index contributed by atoms with van der Waals surface area (Å²) < 4.78 is 5.45. The van der Waals surface area contributed by atoms with Gasteiger partial charge in [0.05, 0.1) is 22.2 Å². The molecule has 1 atom stereocenters. The van der Waals surface area contributed by atoms with Crippen LogP contribution in [0, 0.1) is 23.0 Å². The van der Waals surface area contributed by atoms with Crippen molar-refractivity contribution < 1.29 is 9.66 Å². The van der Waals surface area contributed by atoms with Gasteiger partial charge in [0.1, 0.15) is 0 Å². The number of nitrogens with zero attached hydrogens (tertiary/aromatic N) is 2. The van der Waals surface area contributed by atoms with Crippen molar-refractivity contribution in [3.05, 3.63) is 32.8 Å². The molecule has 132 valence electrons. The second kappa shape index (κ2) is 7.68. The molecule has 1 N–H and O–H groups in total. The number of nitrogens with one attached hydrogen (secondary N) is 1. The molecule has 0 spiro atoms. The zero-order chi connectivity index (χ0) is 17.1. The molecule has 2 fully saturated rings. The first-order chi connectivity index (χ1) is 11.5. The fourth-order valence-corrected chi connectivity index (χ4v) is 3.76. The third kappa shape index (κ3) is 4.18. The molecule has 0 aromatic heterocycles. The van der Waals surface area contributed by atoms with Crippen LogP contribution in [0.5, 0.6) is 0 Å². The summed E-state index contributed by atoms with van der Waals surface area (Å²) in [7, 11) is 0. The van der Waals surface area contributed by atoms with E-state index in [1.165, 1.54) is 12.5 Å². The molecule has 2 heterocycles. The van der Waals surface area contributed by atoms with Gasteiger partial charge in [0.15, 0.2) is 0 Å². The summed E-state index contributed by atoms with van der Waals surface area (Å²) in [5.41, 5.74) is 1.49. The van der Waals surface area contributed by atoms with E-state index in [-0.39, 0.29) is 5.69 Å². The fourth-order valence-electron chi connectivity index (χ4n) is 3.55. The van der Waals surface area contributed by atoms with E-state index in [0.29, 0.717) is 22.5 Å². The van der Waals surface area contributed by atoms with Crippen molar-refractivity contribution in [1.29, 1.82) is 0 Å². The lowest BCUT2D eigenvalue weighted by Gasteiger charge is -2.34. The average molecular weight is 354 g/mol. The lowest BCUT2D eigenvalue weighted by Crippen LogP contribution is -2.41. The SMILES string of the molecule is Cc1cc(NC2CCN(CC3CCOC3)CC2)c(Cl)cc1[N+](=O)[O-]. The zero-order valence-electron chi connectivity index (χ0n) is 14.0. The molecule has 1 unspecified atom stereocenters. The number of ether oxygens (including phenoxy) is 1. The number of benzene rings is 1. The standard InChI is InChI=1S/C17H24ClN3O3/c1-12-8-16(15(18)9-17(12)21(22)23)19-14-2-5-20(6-3-14)10-13-4-7-24-11-13/h8-9,13-14,19H,2-7,10-11H2,1H3. The van der Waals surface area contributed by atoms with Gasteiger partial charge in [-0.1, -0.05) is 11.6 Å². The third-order valence-corrected chi connectivity index (χ3v) is 5.28. The first-order valence-corrected chi connectivity index (χ1v) is 8.92. The Bertz CT molecular complexity index is 597. The Labute approximate surface area is 147 Å². The van der Waals surface area contributed by atoms with Gasteiger partial charge < -0.3 is 15.0 Å². The number of nitro benzene ring substituents is 1. The normalized spacial score (nSPS) is 22.7. The first kappa shape index (κ1) is 17.5.